The van der Waals surface area contributed by atoms with Crippen molar-refractivity contribution in [3.8, 4) is 0 Å². The summed E-state index contributed by atoms with van der Waals surface area (Å²) in [4.78, 5) is 33.4. The molecule has 0 aromatic carbocycles. The molecule has 1 aliphatic rings. The second-order valence-electron chi connectivity index (χ2n) is 5.53. The molecule has 8 heteroatoms. The lowest BCUT2D eigenvalue weighted by Crippen LogP contribution is -2.23. The molecule has 0 atom stereocenters. The van der Waals surface area contributed by atoms with Gasteiger partial charge in [0.1, 0.15) is 11.2 Å². The van der Waals surface area contributed by atoms with Crippen LogP contribution in [0.3, 0.4) is 0 Å². The van der Waals surface area contributed by atoms with Crippen molar-refractivity contribution in [2.75, 3.05) is 12.9 Å². The molecule has 3 rings (SSSR count). The van der Waals surface area contributed by atoms with Gasteiger partial charge in [-0.15, -0.1) is 17.0 Å². The Morgan fingerprint density at radius 3 is 2.75 bits per heavy atom. The van der Waals surface area contributed by atoms with E-state index in [4.69, 9.17) is 4.74 Å². The number of carbonyl (C=O) groups excluding carboxylic acids is 1. The van der Waals surface area contributed by atoms with Crippen molar-refractivity contribution >= 4 is 45.7 Å². The Morgan fingerprint density at radius 2 is 2.12 bits per heavy atom. The fourth-order valence-electron chi connectivity index (χ4n) is 3.03. The molecule has 2 aromatic rings. The van der Waals surface area contributed by atoms with Crippen LogP contribution in [0, 0.1) is 0 Å². The van der Waals surface area contributed by atoms with Gasteiger partial charge in [-0.1, -0.05) is 24.6 Å². The van der Waals surface area contributed by atoms with Crippen LogP contribution in [0.4, 0.5) is 0 Å². The lowest BCUT2D eigenvalue weighted by molar-refractivity contribution is 0.0524. The summed E-state index contributed by atoms with van der Waals surface area (Å²) in [5.74, 6) is -0.583. The van der Waals surface area contributed by atoms with E-state index in [1.54, 1.807) is 13.1 Å². The molecule has 6 nitrogen and oxygen atoms in total. The highest BCUT2D eigenvalue weighted by atomic mass is 79.9. The summed E-state index contributed by atoms with van der Waals surface area (Å²) >= 11 is 1.43. The molecule has 0 spiro atoms. The van der Waals surface area contributed by atoms with E-state index in [9.17, 15) is 9.59 Å². The zero-order chi connectivity index (χ0) is 16.4. The van der Waals surface area contributed by atoms with Gasteiger partial charge in [0, 0.05) is 18.4 Å². The lowest BCUT2D eigenvalue weighted by Gasteiger charge is -2.18. The second-order valence-corrected chi connectivity index (χ2v) is 6.31. The van der Waals surface area contributed by atoms with Gasteiger partial charge < -0.3 is 9.30 Å². The SMILES string of the molecule is Br.CCOC(=O)c1cn(C2CCCC2)c2nc(SC)ncc2c1=O. The number of aromatic nitrogens is 3. The van der Waals surface area contributed by atoms with E-state index in [0.29, 0.717) is 16.2 Å². The molecule has 0 saturated heterocycles. The van der Waals surface area contributed by atoms with Gasteiger partial charge in [-0.25, -0.2) is 14.8 Å². The van der Waals surface area contributed by atoms with Crippen LogP contribution in [0.5, 0.6) is 0 Å². The lowest BCUT2D eigenvalue weighted by atomic mass is 10.1. The van der Waals surface area contributed by atoms with Crippen molar-refractivity contribution in [1.29, 1.82) is 0 Å². The quantitative estimate of drug-likeness (QED) is 0.434. The van der Waals surface area contributed by atoms with Crippen LogP contribution in [-0.4, -0.2) is 33.4 Å². The van der Waals surface area contributed by atoms with Crippen LogP contribution in [0.1, 0.15) is 49.0 Å². The van der Waals surface area contributed by atoms with E-state index in [1.807, 2.05) is 10.8 Å². The summed E-state index contributed by atoms with van der Waals surface area (Å²) in [5, 5.41) is 0.993. The summed E-state index contributed by atoms with van der Waals surface area (Å²) in [6.45, 7) is 1.96. The fraction of sp³-hybridized carbons (Fsp3) is 0.500. The Labute approximate surface area is 154 Å². The molecule has 0 aliphatic heterocycles. The van der Waals surface area contributed by atoms with Crippen LogP contribution in [-0.2, 0) is 4.74 Å². The molecule has 24 heavy (non-hydrogen) atoms. The molecule has 0 amide bonds. The molecule has 0 unspecified atom stereocenters. The number of ether oxygens (including phenoxy) is 1. The summed E-state index contributed by atoms with van der Waals surface area (Å²) in [5.41, 5.74) is 0.307. The standard InChI is InChI=1S/C16H19N3O3S.BrH/c1-3-22-15(21)12-9-19(10-6-4-5-7-10)14-11(13(12)20)8-17-16(18-14)23-2;/h8-10H,3-7H2,1-2H3;1H. The normalized spacial score (nSPS) is 14.6. The second kappa shape index (κ2) is 8.11. The van der Waals surface area contributed by atoms with Gasteiger partial charge in [-0.05, 0) is 26.0 Å². The van der Waals surface area contributed by atoms with Gasteiger partial charge >= 0.3 is 5.97 Å². The predicted octanol–water partition coefficient (Wildman–Crippen LogP) is 3.38. The van der Waals surface area contributed by atoms with E-state index in [0.717, 1.165) is 25.7 Å². The van der Waals surface area contributed by atoms with Crippen molar-refractivity contribution in [1.82, 2.24) is 14.5 Å². The van der Waals surface area contributed by atoms with Crippen LogP contribution in [0.15, 0.2) is 22.3 Å². The fourth-order valence-corrected chi connectivity index (χ4v) is 3.37. The molecule has 0 radical (unpaired) electrons. The highest BCUT2D eigenvalue weighted by Crippen LogP contribution is 2.31. The summed E-state index contributed by atoms with van der Waals surface area (Å²) in [7, 11) is 0. The number of halogens is 1. The molecular weight excluding hydrogens is 394 g/mol. The van der Waals surface area contributed by atoms with Gasteiger partial charge in [0.15, 0.2) is 5.16 Å². The smallest absolute Gasteiger partial charge is 0.343 e. The number of carbonyl (C=O) groups is 1. The highest BCUT2D eigenvalue weighted by Gasteiger charge is 2.23. The maximum Gasteiger partial charge on any atom is 0.343 e. The van der Waals surface area contributed by atoms with Gasteiger partial charge in [-0.3, -0.25) is 4.79 Å². The topological polar surface area (TPSA) is 74.1 Å². The molecule has 2 aromatic heterocycles. The number of hydrogen-bond donors (Lipinski definition) is 0. The molecule has 130 valence electrons. The number of thioether (sulfide) groups is 1. The Hall–Kier alpha value is -1.41. The number of fused-ring (bicyclic) bond motifs is 1. The van der Waals surface area contributed by atoms with Crippen LogP contribution in [0.25, 0.3) is 11.0 Å². The minimum absolute atomic E-state index is 0. The first-order valence-electron chi connectivity index (χ1n) is 7.78. The zero-order valence-corrected chi connectivity index (χ0v) is 16.2. The number of rotatable bonds is 4. The first-order chi connectivity index (χ1) is 11.2. The molecule has 0 N–H and O–H groups in total. The highest BCUT2D eigenvalue weighted by molar-refractivity contribution is 8.93. The summed E-state index contributed by atoms with van der Waals surface area (Å²) < 4.78 is 6.99. The third-order valence-corrected chi connectivity index (χ3v) is 4.71. The van der Waals surface area contributed by atoms with E-state index in [2.05, 4.69) is 9.97 Å². The Morgan fingerprint density at radius 1 is 1.42 bits per heavy atom. The first-order valence-corrected chi connectivity index (χ1v) is 9.01. The summed E-state index contributed by atoms with van der Waals surface area (Å²) in [6.07, 6.45) is 9.38. The van der Waals surface area contributed by atoms with Gasteiger partial charge in [0.05, 0.1) is 12.0 Å². The first kappa shape index (κ1) is 18.9. The number of hydrogen-bond acceptors (Lipinski definition) is 6. The van der Waals surface area contributed by atoms with E-state index in [-0.39, 0.29) is 40.6 Å². The molecular formula is C16H20BrN3O3S. The molecule has 0 bridgehead atoms. The van der Waals surface area contributed by atoms with Crippen LogP contribution in [0.2, 0.25) is 0 Å². The van der Waals surface area contributed by atoms with E-state index in [1.165, 1.54) is 18.0 Å². The van der Waals surface area contributed by atoms with E-state index >= 15 is 0 Å². The van der Waals surface area contributed by atoms with Crippen molar-refractivity contribution in [2.24, 2.45) is 0 Å². The maximum absolute atomic E-state index is 12.6. The van der Waals surface area contributed by atoms with Gasteiger partial charge in [0.25, 0.3) is 0 Å². The largest absolute Gasteiger partial charge is 0.462 e. The molecule has 1 fully saturated rings. The van der Waals surface area contributed by atoms with Crippen molar-refractivity contribution in [3.05, 3.63) is 28.2 Å². The maximum atomic E-state index is 12.6. The number of pyridine rings is 1. The van der Waals surface area contributed by atoms with Crippen molar-refractivity contribution < 1.29 is 9.53 Å². The summed E-state index contributed by atoms with van der Waals surface area (Å²) in [6, 6.07) is 0.260. The monoisotopic (exact) mass is 413 g/mol. The van der Waals surface area contributed by atoms with Crippen molar-refractivity contribution in [2.45, 2.75) is 43.8 Å². The number of esters is 1. The Balaban J connectivity index is 0.00000208. The average molecular weight is 414 g/mol. The Kier molecular flexibility index (Phi) is 6.40. The number of nitrogens with zero attached hydrogens (tertiary/aromatic N) is 3. The van der Waals surface area contributed by atoms with Gasteiger partial charge in [-0.2, -0.15) is 0 Å². The Bertz CT molecular complexity index is 803. The predicted molar refractivity (Wildman–Crippen MR) is 99.4 cm³/mol. The van der Waals surface area contributed by atoms with Crippen LogP contribution < -0.4 is 5.43 Å². The molecule has 1 saturated carbocycles. The van der Waals surface area contributed by atoms with Crippen LogP contribution >= 0.6 is 28.7 Å². The third-order valence-electron chi connectivity index (χ3n) is 4.14. The van der Waals surface area contributed by atoms with E-state index < -0.39 is 5.97 Å². The molecule has 1 aliphatic carbocycles. The zero-order valence-electron chi connectivity index (χ0n) is 13.7. The van der Waals surface area contributed by atoms with Gasteiger partial charge in [0.2, 0.25) is 5.43 Å². The minimum Gasteiger partial charge on any atom is -0.462 e. The minimum atomic E-state index is -0.583. The third kappa shape index (κ3) is 3.49. The average Bonchev–Trinajstić information content (AvgIpc) is 3.09. The van der Waals surface area contributed by atoms with Crippen molar-refractivity contribution in [3.63, 3.8) is 0 Å². The molecule has 2 heterocycles.